The molecule has 0 aliphatic heterocycles. The molecule has 0 bridgehead atoms. The van der Waals surface area contributed by atoms with Crippen molar-refractivity contribution in [3.63, 3.8) is 0 Å². The first kappa shape index (κ1) is 17.6. The average Bonchev–Trinajstić information content (AvgIpc) is 2.35. The lowest BCUT2D eigenvalue weighted by atomic mass is 10.2. The van der Waals surface area contributed by atoms with Crippen molar-refractivity contribution in [1.29, 1.82) is 0 Å². The molecule has 0 spiro atoms. The summed E-state index contributed by atoms with van der Waals surface area (Å²) in [7, 11) is 1.06. The largest absolute Gasteiger partial charge is 0.480 e. The zero-order valence-corrected chi connectivity index (χ0v) is 10.7. The summed E-state index contributed by atoms with van der Waals surface area (Å²) in [6, 6.07) is -1.59. The highest BCUT2D eigenvalue weighted by Gasteiger charge is 2.31. The first-order valence-electron chi connectivity index (χ1n) is 5.51. The quantitative estimate of drug-likeness (QED) is 0.298. The molecule has 0 saturated carbocycles. The fraction of sp³-hybridized carbons (Fsp3) is 0.600. The van der Waals surface area contributed by atoms with Crippen LogP contribution in [0.5, 0.6) is 0 Å². The molecule has 0 heterocycles. The number of hydrogen-bond acceptors (Lipinski definition) is 6. The maximum absolute atomic E-state index is 11.1. The van der Waals surface area contributed by atoms with Crippen LogP contribution in [-0.2, 0) is 19.1 Å². The number of esters is 1. The van der Waals surface area contributed by atoms with E-state index < -0.39 is 36.5 Å². The van der Waals surface area contributed by atoms with Gasteiger partial charge in [-0.2, -0.15) is 0 Å². The highest BCUT2D eigenvalue weighted by Crippen LogP contribution is 2.06. The van der Waals surface area contributed by atoms with Crippen LogP contribution in [0.2, 0.25) is 0 Å². The van der Waals surface area contributed by atoms with E-state index in [9.17, 15) is 19.2 Å². The Hall–Kier alpha value is -2.36. The third-order valence-corrected chi connectivity index (χ3v) is 2.30. The Labute approximate surface area is 113 Å². The van der Waals surface area contributed by atoms with Crippen molar-refractivity contribution in [1.82, 2.24) is 10.2 Å². The zero-order chi connectivity index (χ0) is 15.7. The molecule has 0 aromatic rings. The maximum Gasteiger partial charge on any atom is 0.408 e. The van der Waals surface area contributed by atoms with Gasteiger partial charge in [0, 0.05) is 13.1 Å². The molecule has 10 nitrogen and oxygen atoms in total. The molecule has 1 atom stereocenters. The van der Waals surface area contributed by atoms with Crippen molar-refractivity contribution in [2.24, 2.45) is 0 Å². The number of carbonyl (C=O) groups excluding carboxylic acids is 1. The lowest BCUT2D eigenvalue weighted by Gasteiger charge is -2.25. The van der Waals surface area contributed by atoms with Gasteiger partial charge < -0.3 is 25.4 Å². The third-order valence-electron chi connectivity index (χ3n) is 2.30. The van der Waals surface area contributed by atoms with Crippen LogP contribution < -0.4 is 5.32 Å². The van der Waals surface area contributed by atoms with E-state index in [-0.39, 0.29) is 19.6 Å². The van der Waals surface area contributed by atoms with Gasteiger partial charge >= 0.3 is 24.0 Å². The molecule has 114 valence electrons. The molecule has 0 aromatic carbocycles. The van der Waals surface area contributed by atoms with Crippen molar-refractivity contribution in [2.45, 2.75) is 12.5 Å². The molecule has 20 heavy (non-hydrogen) atoms. The summed E-state index contributed by atoms with van der Waals surface area (Å²) in [4.78, 5) is 43.9. The predicted molar refractivity (Wildman–Crippen MR) is 63.3 cm³/mol. The van der Waals surface area contributed by atoms with Crippen molar-refractivity contribution in [3.8, 4) is 0 Å². The van der Waals surface area contributed by atoms with Gasteiger partial charge in [-0.15, -0.1) is 0 Å². The SMILES string of the molecule is COC(=O)CC(C(=O)O)N(CCNCC(=O)O)C(=O)O. The molecule has 4 N–H and O–H groups in total. The second kappa shape index (κ2) is 8.69. The number of rotatable bonds is 9. The Morgan fingerprint density at radius 2 is 1.80 bits per heavy atom. The van der Waals surface area contributed by atoms with E-state index in [0.29, 0.717) is 4.90 Å². The summed E-state index contributed by atoms with van der Waals surface area (Å²) in [5, 5.41) is 28.7. The lowest BCUT2D eigenvalue weighted by Crippen LogP contribution is -2.48. The molecule has 0 rings (SSSR count). The Bertz CT molecular complexity index is 383. The van der Waals surface area contributed by atoms with Crippen LogP contribution >= 0.6 is 0 Å². The van der Waals surface area contributed by atoms with Crippen LogP contribution in [-0.4, -0.2) is 77.0 Å². The summed E-state index contributed by atoms with van der Waals surface area (Å²) >= 11 is 0. The van der Waals surface area contributed by atoms with Crippen LogP contribution in [0, 0.1) is 0 Å². The second-order valence-electron chi connectivity index (χ2n) is 3.68. The fourth-order valence-corrected chi connectivity index (χ4v) is 1.35. The molecule has 10 heteroatoms. The summed E-state index contributed by atoms with van der Waals surface area (Å²) in [6.45, 7) is -0.734. The number of aliphatic carboxylic acids is 2. The van der Waals surface area contributed by atoms with E-state index in [1.165, 1.54) is 0 Å². The number of amides is 1. The van der Waals surface area contributed by atoms with Crippen molar-refractivity contribution < 1.29 is 39.2 Å². The number of carbonyl (C=O) groups is 4. The Kier molecular flexibility index (Phi) is 7.67. The van der Waals surface area contributed by atoms with Gasteiger partial charge in [0.2, 0.25) is 0 Å². The van der Waals surface area contributed by atoms with Crippen molar-refractivity contribution in [3.05, 3.63) is 0 Å². The predicted octanol–water partition coefficient (Wildman–Crippen LogP) is -1.34. The minimum atomic E-state index is -1.59. The van der Waals surface area contributed by atoms with E-state index in [1.54, 1.807) is 0 Å². The molecule has 0 aromatic heterocycles. The van der Waals surface area contributed by atoms with Crippen molar-refractivity contribution >= 4 is 24.0 Å². The maximum atomic E-state index is 11.1. The topological polar surface area (TPSA) is 153 Å². The Morgan fingerprint density at radius 1 is 1.20 bits per heavy atom. The number of carboxylic acids is 2. The number of nitrogens with one attached hydrogen (secondary N) is 1. The molecule has 0 fully saturated rings. The van der Waals surface area contributed by atoms with Gasteiger partial charge in [-0.3, -0.25) is 14.5 Å². The summed E-state index contributed by atoms with van der Waals surface area (Å²) in [5.41, 5.74) is 0. The first-order chi connectivity index (χ1) is 9.29. The Balaban J connectivity index is 4.65. The number of methoxy groups -OCH3 is 1. The second-order valence-corrected chi connectivity index (χ2v) is 3.68. The number of ether oxygens (including phenoxy) is 1. The van der Waals surface area contributed by atoms with E-state index in [0.717, 1.165) is 7.11 Å². The standard InChI is InChI=1S/C10H16N2O8/c1-20-8(15)4-6(9(16)17)12(10(18)19)3-2-11-5-7(13)14/h6,11H,2-5H2,1H3,(H,13,14)(H,16,17)(H,18,19). The van der Waals surface area contributed by atoms with Gasteiger partial charge in [-0.05, 0) is 0 Å². The van der Waals surface area contributed by atoms with Crippen LogP contribution in [0.4, 0.5) is 4.79 Å². The summed E-state index contributed by atoms with van der Waals surface area (Å²) in [5.74, 6) is -3.48. The van der Waals surface area contributed by atoms with E-state index in [1.807, 2.05) is 0 Å². The molecule has 0 radical (unpaired) electrons. The molecular weight excluding hydrogens is 276 g/mol. The van der Waals surface area contributed by atoms with Gasteiger partial charge in [0.25, 0.3) is 0 Å². The molecule has 0 saturated heterocycles. The smallest absolute Gasteiger partial charge is 0.408 e. The molecular formula is C10H16N2O8. The monoisotopic (exact) mass is 292 g/mol. The fourth-order valence-electron chi connectivity index (χ4n) is 1.35. The highest BCUT2D eigenvalue weighted by molar-refractivity contribution is 5.84. The first-order valence-corrected chi connectivity index (χ1v) is 5.51. The minimum Gasteiger partial charge on any atom is -0.480 e. The molecule has 0 aliphatic rings. The van der Waals surface area contributed by atoms with Crippen molar-refractivity contribution in [2.75, 3.05) is 26.7 Å². The van der Waals surface area contributed by atoms with Crippen LogP contribution in [0.25, 0.3) is 0 Å². The summed E-state index contributed by atoms with van der Waals surface area (Å²) in [6.07, 6.45) is -2.16. The lowest BCUT2D eigenvalue weighted by molar-refractivity contribution is -0.150. The van der Waals surface area contributed by atoms with E-state index in [2.05, 4.69) is 10.1 Å². The van der Waals surface area contributed by atoms with Crippen LogP contribution in [0.1, 0.15) is 6.42 Å². The minimum absolute atomic E-state index is 0.0659. The zero-order valence-electron chi connectivity index (χ0n) is 10.7. The average molecular weight is 292 g/mol. The van der Waals surface area contributed by atoms with Gasteiger partial charge in [-0.1, -0.05) is 0 Å². The van der Waals surface area contributed by atoms with Crippen LogP contribution in [0.3, 0.4) is 0 Å². The molecule has 1 amide bonds. The summed E-state index contributed by atoms with van der Waals surface area (Å²) < 4.78 is 4.30. The van der Waals surface area contributed by atoms with Crippen LogP contribution in [0.15, 0.2) is 0 Å². The van der Waals surface area contributed by atoms with Gasteiger partial charge in [0.1, 0.15) is 6.04 Å². The number of hydrogen-bond donors (Lipinski definition) is 4. The number of nitrogens with zero attached hydrogens (tertiary/aromatic N) is 1. The molecule has 0 aliphatic carbocycles. The van der Waals surface area contributed by atoms with E-state index >= 15 is 0 Å². The molecule has 1 unspecified atom stereocenters. The van der Waals surface area contributed by atoms with Gasteiger partial charge in [0.05, 0.1) is 20.1 Å². The van der Waals surface area contributed by atoms with Gasteiger partial charge in [0.15, 0.2) is 0 Å². The highest BCUT2D eigenvalue weighted by atomic mass is 16.5. The number of carboxylic acid groups (broad SMARTS) is 3. The third kappa shape index (κ3) is 6.54. The Morgan fingerprint density at radius 3 is 2.20 bits per heavy atom. The van der Waals surface area contributed by atoms with Gasteiger partial charge in [-0.25, -0.2) is 9.59 Å². The normalized spacial score (nSPS) is 11.4. The van der Waals surface area contributed by atoms with E-state index in [4.69, 9.17) is 15.3 Å².